The topological polar surface area (TPSA) is 59.4 Å². The Morgan fingerprint density at radius 3 is 2.62 bits per heavy atom. The van der Waals surface area contributed by atoms with Crippen molar-refractivity contribution in [2.45, 2.75) is 12.3 Å². The van der Waals surface area contributed by atoms with Crippen molar-refractivity contribution in [3.63, 3.8) is 0 Å². The van der Waals surface area contributed by atoms with Gasteiger partial charge in [0.25, 0.3) is 0 Å². The largest absolute Gasteiger partial charge is 0.497 e. The maximum Gasteiger partial charge on any atom is 0.313 e. The molecule has 0 amide bonds. The molecule has 0 fully saturated rings. The number of hydrogen-bond donors (Lipinski definition) is 1. The highest BCUT2D eigenvalue weighted by atomic mass is 35.5. The summed E-state index contributed by atoms with van der Waals surface area (Å²) in [6, 6.07) is 7.98. The third-order valence-electron chi connectivity index (χ3n) is 3.06. The van der Waals surface area contributed by atoms with E-state index in [0.29, 0.717) is 5.75 Å². The Morgan fingerprint density at radius 2 is 2.10 bits per heavy atom. The Balaban J connectivity index is 2.28. The minimum Gasteiger partial charge on any atom is -0.497 e. The van der Waals surface area contributed by atoms with E-state index in [2.05, 4.69) is 4.98 Å². The molecule has 1 aromatic carbocycles. The molecule has 0 aliphatic rings. The first-order valence-electron chi connectivity index (χ1n) is 6.18. The summed E-state index contributed by atoms with van der Waals surface area (Å²) >= 11 is 5.63. The summed E-state index contributed by atoms with van der Waals surface area (Å²) in [5.74, 6) is -2.26. The van der Waals surface area contributed by atoms with E-state index in [4.69, 9.17) is 16.3 Å². The van der Waals surface area contributed by atoms with Crippen LogP contribution in [0.1, 0.15) is 17.2 Å². The van der Waals surface area contributed by atoms with Gasteiger partial charge in [0.1, 0.15) is 17.5 Å². The second-order valence-corrected chi connectivity index (χ2v) is 4.90. The Bertz CT molecular complexity index is 646. The van der Waals surface area contributed by atoms with Crippen molar-refractivity contribution >= 4 is 17.6 Å². The van der Waals surface area contributed by atoms with Crippen LogP contribution < -0.4 is 4.74 Å². The molecule has 2 rings (SSSR count). The van der Waals surface area contributed by atoms with Crippen molar-refractivity contribution < 1.29 is 19.0 Å². The normalized spacial score (nSPS) is 12.0. The van der Waals surface area contributed by atoms with Gasteiger partial charge in [-0.15, -0.1) is 0 Å². The first-order chi connectivity index (χ1) is 10.0. The molecule has 1 heterocycles. The zero-order valence-electron chi connectivity index (χ0n) is 11.2. The van der Waals surface area contributed by atoms with Gasteiger partial charge in [0.15, 0.2) is 0 Å². The van der Waals surface area contributed by atoms with Gasteiger partial charge < -0.3 is 9.84 Å². The SMILES string of the molecule is COc1ccc(CC(C(=O)O)c2ncc(Cl)cc2F)cc1. The first kappa shape index (κ1) is 15.3. The van der Waals surface area contributed by atoms with Crippen LogP contribution in [0.25, 0.3) is 0 Å². The summed E-state index contributed by atoms with van der Waals surface area (Å²) in [7, 11) is 1.54. The molecule has 1 aromatic heterocycles. The Hall–Kier alpha value is -2.14. The fourth-order valence-corrected chi connectivity index (χ4v) is 2.12. The number of benzene rings is 1. The quantitative estimate of drug-likeness (QED) is 0.920. The lowest BCUT2D eigenvalue weighted by atomic mass is 9.95. The molecule has 1 unspecified atom stereocenters. The number of halogens is 2. The van der Waals surface area contributed by atoms with Gasteiger partial charge in [-0.25, -0.2) is 4.39 Å². The lowest BCUT2D eigenvalue weighted by molar-refractivity contribution is -0.138. The number of methoxy groups -OCH3 is 1. The molecular formula is C15H13ClFNO3. The minimum atomic E-state index is -1.14. The van der Waals surface area contributed by atoms with Crippen LogP contribution in [0.5, 0.6) is 5.75 Å². The predicted octanol–water partition coefficient (Wildman–Crippen LogP) is 3.29. The molecule has 1 N–H and O–H groups in total. The first-order valence-corrected chi connectivity index (χ1v) is 6.55. The fourth-order valence-electron chi connectivity index (χ4n) is 1.98. The van der Waals surface area contributed by atoms with Crippen LogP contribution in [0.2, 0.25) is 5.02 Å². The van der Waals surface area contributed by atoms with Crippen LogP contribution in [0, 0.1) is 5.82 Å². The number of aromatic nitrogens is 1. The van der Waals surface area contributed by atoms with Gasteiger partial charge in [-0.2, -0.15) is 0 Å². The standard InChI is InChI=1S/C15H13ClFNO3/c1-21-11-4-2-9(3-5-11)6-12(15(19)20)14-13(17)7-10(16)8-18-14/h2-5,7-8,12H,6H2,1H3,(H,19,20). The highest BCUT2D eigenvalue weighted by Crippen LogP contribution is 2.24. The van der Waals surface area contributed by atoms with Crippen LogP contribution in [0.15, 0.2) is 36.5 Å². The van der Waals surface area contributed by atoms with Gasteiger partial charge in [0.05, 0.1) is 17.8 Å². The highest BCUT2D eigenvalue weighted by Gasteiger charge is 2.25. The van der Waals surface area contributed by atoms with Gasteiger partial charge >= 0.3 is 5.97 Å². The molecule has 0 aliphatic heterocycles. The molecule has 0 radical (unpaired) electrons. The Labute approximate surface area is 126 Å². The van der Waals surface area contributed by atoms with E-state index in [-0.39, 0.29) is 17.1 Å². The van der Waals surface area contributed by atoms with Gasteiger partial charge in [-0.05, 0) is 30.2 Å². The molecule has 6 heteroatoms. The van der Waals surface area contributed by atoms with Gasteiger partial charge in [0.2, 0.25) is 0 Å². The molecule has 0 spiro atoms. The number of carboxylic acid groups (broad SMARTS) is 1. The molecule has 2 aromatic rings. The summed E-state index contributed by atoms with van der Waals surface area (Å²) < 4.78 is 18.9. The smallest absolute Gasteiger partial charge is 0.313 e. The molecule has 21 heavy (non-hydrogen) atoms. The molecular weight excluding hydrogens is 297 g/mol. The second kappa shape index (κ2) is 6.54. The predicted molar refractivity (Wildman–Crippen MR) is 76.3 cm³/mol. The summed E-state index contributed by atoms with van der Waals surface area (Å²) in [5.41, 5.74) is 0.627. The number of nitrogens with zero attached hydrogens (tertiary/aromatic N) is 1. The Kier molecular flexibility index (Phi) is 4.75. The minimum absolute atomic E-state index is 0.122. The zero-order chi connectivity index (χ0) is 15.4. The van der Waals surface area contributed by atoms with Crippen LogP contribution in [-0.4, -0.2) is 23.2 Å². The number of aliphatic carboxylic acids is 1. The monoisotopic (exact) mass is 309 g/mol. The van der Waals surface area contributed by atoms with Crippen LogP contribution in [0.4, 0.5) is 4.39 Å². The summed E-state index contributed by atoms with van der Waals surface area (Å²) in [6.07, 6.45) is 1.37. The molecule has 0 saturated carbocycles. The molecule has 110 valence electrons. The maximum absolute atomic E-state index is 13.9. The maximum atomic E-state index is 13.9. The van der Waals surface area contributed by atoms with Crippen molar-refractivity contribution in [3.05, 3.63) is 58.6 Å². The van der Waals surface area contributed by atoms with Crippen molar-refractivity contribution in [1.82, 2.24) is 4.98 Å². The average Bonchev–Trinajstić information content (AvgIpc) is 2.46. The zero-order valence-corrected chi connectivity index (χ0v) is 12.0. The molecule has 0 aliphatic carbocycles. The van der Waals surface area contributed by atoms with Crippen molar-refractivity contribution in [2.75, 3.05) is 7.11 Å². The highest BCUT2D eigenvalue weighted by molar-refractivity contribution is 6.30. The third kappa shape index (κ3) is 3.70. The van der Waals surface area contributed by atoms with Crippen LogP contribution >= 0.6 is 11.6 Å². The van der Waals surface area contributed by atoms with E-state index < -0.39 is 17.7 Å². The molecule has 1 atom stereocenters. The van der Waals surface area contributed by atoms with E-state index in [1.807, 2.05) is 0 Å². The van der Waals surface area contributed by atoms with E-state index in [1.165, 1.54) is 6.20 Å². The number of carboxylic acids is 1. The average molecular weight is 310 g/mol. The van der Waals surface area contributed by atoms with Crippen LogP contribution in [-0.2, 0) is 11.2 Å². The van der Waals surface area contributed by atoms with Crippen molar-refractivity contribution in [2.24, 2.45) is 0 Å². The molecule has 0 saturated heterocycles. The van der Waals surface area contributed by atoms with E-state index in [1.54, 1.807) is 31.4 Å². The number of ether oxygens (including phenoxy) is 1. The fraction of sp³-hybridized carbons (Fsp3) is 0.200. The number of carbonyl (C=O) groups is 1. The number of rotatable bonds is 5. The van der Waals surface area contributed by atoms with Gasteiger partial charge in [-0.3, -0.25) is 9.78 Å². The second-order valence-electron chi connectivity index (χ2n) is 4.46. The van der Waals surface area contributed by atoms with Gasteiger partial charge in [-0.1, -0.05) is 23.7 Å². The lowest BCUT2D eigenvalue weighted by Crippen LogP contribution is -2.17. The lowest BCUT2D eigenvalue weighted by Gasteiger charge is -2.13. The van der Waals surface area contributed by atoms with Gasteiger partial charge in [0, 0.05) is 6.20 Å². The van der Waals surface area contributed by atoms with E-state index in [0.717, 1.165) is 11.6 Å². The molecule has 4 nitrogen and oxygen atoms in total. The summed E-state index contributed by atoms with van der Waals surface area (Å²) in [4.78, 5) is 15.2. The Morgan fingerprint density at radius 1 is 1.43 bits per heavy atom. The summed E-state index contributed by atoms with van der Waals surface area (Å²) in [5, 5.41) is 9.45. The van der Waals surface area contributed by atoms with Crippen molar-refractivity contribution in [1.29, 1.82) is 0 Å². The van der Waals surface area contributed by atoms with E-state index in [9.17, 15) is 14.3 Å². The number of hydrogen-bond acceptors (Lipinski definition) is 3. The van der Waals surface area contributed by atoms with E-state index >= 15 is 0 Å². The number of pyridine rings is 1. The van der Waals surface area contributed by atoms with Crippen molar-refractivity contribution in [3.8, 4) is 5.75 Å². The third-order valence-corrected chi connectivity index (χ3v) is 3.27. The van der Waals surface area contributed by atoms with Crippen LogP contribution in [0.3, 0.4) is 0 Å². The summed E-state index contributed by atoms with van der Waals surface area (Å²) in [6.45, 7) is 0. The molecule has 0 bridgehead atoms.